The Labute approximate surface area is 216 Å². The van der Waals surface area contributed by atoms with E-state index in [1.165, 1.54) is 0 Å². The predicted molar refractivity (Wildman–Crippen MR) is 142 cm³/mol. The highest BCUT2D eigenvalue weighted by molar-refractivity contribution is 5.80. The SMILES string of the molecule is COc1ccc(CC(=O)NCc2ccccc2-c2ccccc2OC(=O)NCCc2cccnc2)cc1. The third kappa shape index (κ3) is 7.41. The smallest absolute Gasteiger partial charge is 0.412 e. The van der Waals surface area contributed by atoms with Gasteiger partial charge in [-0.15, -0.1) is 0 Å². The first kappa shape index (κ1) is 25.4. The normalized spacial score (nSPS) is 10.4. The lowest BCUT2D eigenvalue weighted by Crippen LogP contribution is -2.29. The van der Waals surface area contributed by atoms with Crippen molar-refractivity contribution in [3.05, 3.63) is 114 Å². The molecule has 2 amide bonds. The summed E-state index contributed by atoms with van der Waals surface area (Å²) < 4.78 is 10.8. The van der Waals surface area contributed by atoms with Crippen molar-refractivity contribution >= 4 is 12.0 Å². The fourth-order valence-electron chi connectivity index (χ4n) is 3.89. The first-order valence-electron chi connectivity index (χ1n) is 12.0. The standard InChI is InChI=1S/C30H29N3O4/c1-36-25-14-12-22(13-15-25)19-29(34)33-21-24-8-2-3-9-26(24)27-10-4-5-11-28(27)37-30(35)32-18-16-23-7-6-17-31-20-23/h2-15,17,20H,16,18-19,21H2,1H3,(H,32,35)(H,33,34). The number of hydrogen-bond donors (Lipinski definition) is 2. The number of para-hydroxylation sites is 1. The molecule has 2 N–H and O–H groups in total. The Hall–Kier alpha value is -4.65. The number of nitrogens with zero attached hydrogens (tertiary/aromatic N) is 1. The molecule has 0 bridgehead atoms. The number of benzene rings is 3. The minimum Gasteiger partial charge on any atom is -0.497 e. The molecule has 0 aliphatic rings. The molecule has 0 saturated heterocycles. The summed E-state index contributed by atoms with van der Waals surface area (Å²) in [5.41, 5.74) is 4.50. The van der Waals surface area contributed by atoms with Gasteiger partial charge < -0.3 is 20.1 Å². The summed E-state index contributed by atoms with van der Waals surface area (Å²) in [4.78, 5) is 29.1. The lowest BCUT2D eigenvalue weighted by molar-refractivity contribution is -0.120. The van der Waals surface area contributed by atoms with Crippen molar-refractivity contribution in [3.8, 4) is 22.6 Å². The molecule has 7 nitrogen and oxygen atoms in total. The number of carbonyl (C=O) groups is 2. The number of amides is 2. The van der Waals surface area contributed by atoms with Crippen LogP contribution in [-0.2, 0) is 24.2 Å². The van der Waals surface area contributed by atoms with E-state index in [9.17, 15) is 9.59 Å². The van der Waals surface area contributed by atoms with Gasteiger partial charge in [0, 0.05) is 31.0 Å². The summed E-state index contributed by atoms with van der Waals surface area (Å²) in [6, 6.07) is 26.4. The lowest BCUT2D eigenvalue weighted by atomic mass is 9.98. The fourth-order valence-corrected chi connectivity index (χ4v) is 3.89. The topological polar surface area (TPSA) is 89.5 Å². The maximum Gasteiger partial charge on any atom is 0.412 e. The average molecular weight is 496 g/mol. The molecule has 0 atom stereocenters. The van der Waals surface area contributed by atoms with Gasteiger partial charge in [0.15, 0.2) is 0 Å². The summed E-state index contributed by atoms with van der Waals surface area (Å²) in [5.74, 6) is 1.11. The van der Waals surface area contributed by atoms with Crippen molar-refractivity contribution < 1.29 is 19.1 Å². The molecule has 3 aromatic carbocycles. The summed E-state index contributed by atoms with van der Waals surface area (Å²) in [6.07, 6.45) is 3.89. The molecule has 0 unspecified atom stereocenters. The Kier molecular flexibility index (Phi) is 8.86. The monoisotopic (exact) mass is 495 g/mol. The Bertz CT molecular complexity index is 1320. The van der Waals surface area contributed by atoms with E-state index in [2.05, 4.69) is 15.6 Å². The molecule has 7 heteroatoms. The van der Waals surface area contributed by atoms with E-state index < -0.39 is 6.09 Å². The van der Waals surface area contributed by atoms with Crippen LogP contribution in [0.1, 0.15) is 16.7 Å². The molecular formula is C30H29N3O4. The molecule has 37 heavy (non-hydrogen) atoms. The average Bonchev–Trinajstić information content (AvgIpc) is 2.93. The van der Waals surface area contributed by atoms with Gasteiger partial charge in [0.2, 0.25) is 5.91 Å². The van der Waals surface area contributed by atoms with Crippen molar-refractivity contribution in [1.82, 2.24) is 15.6 Å². The van der Waals surface area contributed by atoms with Crippen LogP contribution in [0.25, 0.3) is 11.1 Å². The fraction of sp³-hybridized carbons (Fsp3) is 0.167. The van der Waals surface area contributed by atoms with Crippen LogP contribution < -0.4 is 20.1 Å². The van der Waals surface area contributed by atoms with Crippen LogP contribution in [0.15, 0.2) is 97.3 Å². The zero-order chi connectivity index (χ0) is 25.9. The van der Waals surface area contributed by atoms with Gasteiger partial charge in [0.1, 0.15) is 11.5 Å². The van der Waals surface area contributed by atoms with E-state index >= 15 is 0 Å². The Morgan fingerprint density at radius 1 is 0.811 bits per heavy atom. The van der Waals surface area contributed by atoms with E-state index in [1.54, 1.807) is 25.6 Å². The maximum absolute atomic E-state index is 12.6. The highest BCUT2D eigenvalue weighted by Crippen LogP contribution is 2.32. The maximum atomic E-state index is 12.6. The number of ether oxygens (including phenoxy) is 2. The van der Waals surface area contributed by atoms with E-state index in [1.807, 2.05) is 78.9 Å². The van der Waals surface area contributed by atoms with E-state index in [0.29, 0.717) is 25.3 Å². The minimum absolute atomic E-state index is 0.0856. The quantitative estimate of drug-likeness (QED) is 0.325. The molecule has 0 aliphatic heterocycles. The van der Waals surface area contributed by atoms with Crippen LogP contribution in [0.4, 0.5) is 4.79 Å². The molecule has 4 aromatic rings. The minimum atomic E-state index is -0.526. The van der Waals surface area contributed by atoms with E-state index in [-0.39, 0.29) is 12.3 Å². The van der Waals surface area contributed by atoms with Gasteiger partial charge >= 0.3 is 6.09 Å². The molecular weight excluding hydrogens is 466 g/mol. The Balaban J connectivity index is 1.38. The second-order valence-corrected chi connectivity index (χ2v) is 8.38. The molecule has 0 saturated carbocycles. The number of hydrogen-bond acceptors (Lipinski definition) is 5. The molecule has 1 heterocycles. The largest absolute Gasteiger partial charge is 0.497 e. The summed E-state index contributed by atoms with van der Waals surface area (Å²) in [6.45, 7) is 0.778. The van der Waals surface area contributed by atoms with Crippen molar-refractivity contribution in [1.29, 1.82) is 0 Å². The van der Waals surface area contributed by atoms with Crippen molar-refractivity contribution in [2.75, 3.05) is 13.7 Å². The van der Waals surface area contributed by atoms with Gasteiger partial charge in [-0.3, -0.25) is 9.78 Å². The van der Waals surface area contributed by atoms with Crippen molar-refractivity contribution in [3.63, 3.8) is 0 Å². The van der Waals surface area contributed by atoms with Crippen LogP contribution in [0, 0.1) is 0 Å². The molecule has 0 aliphatic carbocycles. The highest BCUT2D eigenvalue weighted by atomic mass is 16.6. The molecule has 0 radical (unpaired) electrons. The van der Waals surface area contributed by atoms with Gasteiger partial charge in [0.05, 0.1) is 13.5 Å². The third-order valence-electron chi connectivity index (χ3n) is 5.80. The van der Waals surface area contributed by atoms with E-state index in [0.717, 1.165) is 33.6 Å². The van der Waals surface area contributed by atoms with Gasteiger partial charge in [0.25, 0.3) is 0 Å². The van der Waals surface area contributed by atoms with Crippen molar-refractivity contribution in [2.45, 2.75) is 19.4 Å². The van der Waals surface area contributed by atoms with Crippen LogP contribution in [0.5, 0.6) is 11.5 Å². The number of methoxy groups -OCH3 is 1. The van der Waals surface area contributed by atoms with Gasteiger partial charge in [-0.05, 0) is 52.9 Å². The summed E-state index contributed by atoms with van der Waals surface area (Å²) in [7, 11) is 1.61. The van der Waals surface area contributed by atoms with Crippen molar-refractivity contribution in [2.24, 2.45) is 0 Å². The second kappa shape index (κ2) is 12.9. The first-order chi connectivity index (χ1) is 18.1. The molecule has 0 fully saturated rings. The highest BCUT2D eigenvalue weighted by Gasteiger charge is 2.14. The number of nitrogens with one attached hydrogen (secondary N) is 2. The Morgan fingerprint density at radius 2 is 1.57 bits per heavy atom. The summed E-state index contributed by atoms with van der Waals surface area (Å²) in [5, 5.41) is 5.78. The molecule has 4 rings (SSSR count). The van der Waals surface area contributed by atoms with Crippen LogP contribution >= 0.6 is 0 Å². The zero-order valence-electron chi connectivity index (χ0n) is 20.6. The van der Waals surface area contributed by atoms with Crippen LogP contribution in [-0.4, -0.2) is 30.6 Å². The number of carbonyl (C=O) groups excluding carboxylic acids is 2. The number of rotatable bonds is 10. The Morgan fingerprint density at radius 3 is 2.32 bits per heavy atom. The lowest BCUT2D eigenvalue weighted by Gasteiger charge is -2.15. The van der Waals surface area contributed by atoms with Gasteiger partial charge in [-0.1, -0.05) is 60.7 Å². The number of aromatic nitrogens is 1. The molecule has 0 spiro atoms. The zero-order valence-corrected chi connectivity index (χ0v) is 20.6. The molecule has 1 aromatic heterocycles. The second-order valence-electron chi connectivity index (χ2n) is 8.38. The summed E-state index contributed by atoms with van der Waals surface area (Å²) >= 11 is 0. The predicted octanol–water partition coefficient (Wildman–Crippen LogP) is 4.95. The van der Waals surface area contributed by atoms with Gasteiger partial charge in [-0.25, -0.2) is 4.79 Å². The third-order valence-corrected chi connectivity index (χ3v) is 5.80. The first-order valence-corrected chi connectivity index (χ1v) is 12.0. The van der Waals surface area contributed by atoms with Crippen LogP contribution in [0.3, 0.4) is 0 Å². The molecule has 188 valence electrons. The number of pyridine rings is 1. The van der Waals surface area contributed by atoms with Gasteiger partial charge in [-0.2, -0.15) is 0 Å². The van der Waals surface area contributed by atoms with Crippen LogP contribution in [0.2, 0.25) is 0 Å². The van der Waals surface area contributed by atoms with E-state index in [4.69, 9.17) is 9.47 Å².